The third-order valence-electron chi connectivity index (χ3n) is 3.56. The molecular formula is C14H14N2OS. The number of nitrogens with zero attached hydrogens (tertiary/aromatic N) is 1. The van der Waals surface area contributed by atoms with Crippen LogP contribution in [-0.2, 0) is 11.2 Å². The molecule has 4 heteroatoms. The monoisotopic (exact) mass is 258 g/mol. The predicted molar refractivity (Wildman–Crippen MR) is 71.9 cm³/mol. The zero-order valence-electron chi connectivity index (χ0n) is 9.98. The summed E-state index contributed by atoms with van der Waals surface area (Å²) < 4.78 is 5.51. The van der Waals surface area contributed by atoms with Crippen molar-refractivity contribution in [1.82, 2.24) is 10.3 Å². The van der Waals surface area contributed by atoms with Crippen LogP contribution in [0.25, 0.3) is 11.3 Å². The molecule has 2 aromatic rings. The van der Waals surface area contributed by atoms with Crippen LogP contribution in [0.15, 0.2) is 24.3 Å². The van der Waals surface area contributed by atoms with E-state index in [0.717, 1.165) is 26.2 Å². The molecule has 1 atom stereocenters. The highest BCUT2D eigenvalue weighted by atomic mass is 32.1. The van der Waals surface area contributed by atoms with Gasteiger partial charge in [-0.05, 0) is 5.56 Å². The molecule has 1 saturated heterocycles. The topological polar surface area (TPSA) is 34.1 Å². The first kappa shape index (κ1) is 10.7. The number of rotatable bonds is 1. The standard InChI is InChI=1S/C14H14N2OS/c1-2-4-10-9(3-1)7-12-13(10)16-14(18-12)11-8-17-6-5-15-11/h1-4,11,15H,5-8H2. The number of benzene rings is 1. The molecule has 1 aromatic carbocycles. The molecule has 0 radical (unpaired) electrons. The van der Waals surface area contributed by atoms with Crippen molar-refractivity contribution < 1.29 is 4.74 Å². The fourth-order valence-corrected chi connectivity index (χ4v) is 3.81. The van der Waals surface area contributed by atoms with Crippen LogP contribution in [0.3, 0.4) is 0 Å². The molecule has 92 valence electrons. The van der Waals surface area contributed by atoms with Gasteiger partial charge in [0.1, 0.15) is 5.01 Å². The second kappa shape index (κ2) is 4.16. The van der Waals surface area contributed by atoms with E-state index in [1.54, 1.807) is 0 Å². The van der Waals surface area contributed by atoms with Crippen LogP contribution in [0.1, 0.15) is 21.5 Å². The van der Waals surface area contributed by atoms with E-state index in [4.69, 9.17) is 9.72 Å². The number of nitrogens with one attached hydrogen (secondary N) is 1. The van der Waals surface area contributed by atoms with Crippen LogP contribution in [0, 0.1) is 0 Å². The smallest absolute Gasteiger partial charge is 0.113 e. The first-order chi connectivity index (χ1) is 8.92. The molecule has 1 aromatic heterocycles. The van der Waals surface area contributed by atoms with Gasteiger partial charge in [0.15, 0.2) is 0 Å². The Bertz CT molecular complexity index is 587. The number of hydrogen-bond acceptors (Lipinski definition) is 4. The molecule has 18 heavy (non-hydrogen) atoms. The molecule has 1 aliphatic carbocycles. The lowest BCUT2D eigenvalue weighted by molar-refractivity contribution is 0.0768. The fraction of sp³-hybridized carbons (Fsp3) is 0.357. The van der Waals surface area contributed by atoms with E-state index in [-0.39, 0.29) is 6.04 Å². The molecule has 4 rings (SSSR count). The van der Waals surface area contributed by atoms with Crippen molar-refractivity contribution >= 4 is 11.3 Å². The molecule has 1 N–H and O–H groups in total. The summed E-state index contributed by atoms with van der Waals surface area (Å²) in [5.74, 6) is 0. The minimum Gasteiger partial charge on any atom is -0.378 e. The summed E-state index contributed by atoms with van der Waals surface area (Å²) in [5, 5.41) is 4.65. The predicted octanol–water partition coefficient (Wildman–Crippen LogP) is 2.38. The SMILES string of the molecule is c1ccc2c(c1)Cc1sc(C3COCCN3)nc1-2. The Kier molecular flexibility index (Phi) is 2.46. The molecule has 1 aliphatic heterocycles. The average molecular weight is 258 g/mol. The van der Waals surface area contributed by atoms with E-state index in [2.05, 4.69) is 29.6 Å². The lowest BCUT2D eigenvalue weighted by Gasteiger charge is -2.21. The Labute approximate surface area is 110 Å². The number of ether oxygens (including phenoxy) is 1. The van der Waals surface area contributed by atoms with Crippen molar-refractivity contribution in [2.75, 3.05) is 19.8 Å². The van der Waals surface area contributed by atoms with Gasteiger partial charge in [-0.2, -0.15) is 0 Å². The summed E-state index contributed by atoms with van der Waals surface area (Å²) >= 11 is 1.83. The van der Waals surface area contributed by atoms with Gasteiger partial charge in [-0.1, -0.05) is 24.3 Å². The van der Waals surface area contributed by atoms with Crippen molar-refractivity contribution in [1.29, 1.82) is 0 Å². The van der Waals surface area contributed by atoms with Gasteiger partial charge >= 0.3 is 0 Å². The van der Waals surface area contributed by atoms with Gasteiger partial charge in [0.25, 0.3) is 0 Å². The van der Waals surface area contributed by atoms with Gasteiger partial charge in [-0.25, -0.2) is 4.98 Å². The summed E-state index contributed by atoms with van der Waals surface area (Å²) in [4.78, 5) is 6.23. The van der Waals surface area contributed by atoms with Crippen molar-refractivity contribution in [2.45, 2.75) is 12.5 Å². The first-order valence-corrected chi connectivity index (χ1v) is 7.12. The van der Waals surface area contributed by atoms with E-state index in [0.29, 0.717) is 0 Å². The van der Waals surface area contributed by atoms with Gasteiger partial charge in [0.05, 0.1) is 24.9 Å². The Morgan fingerprint density at radius 3 is 3.17 bits per heavy atom. The van der Waals surface area contributed by atoms with Crippen LogP contribution < -0.4 is 5.32 Å². The van der Waals surface area contributed by atoms with E-state index < -0.39 is 0 Å². The van der Waals surface area contributed by atoms with Gasteiger partial charge in [-0.3, -0.25) is 0 Å². The molecule has 1 unspecified atom stereocenters. The zero-order valence-corrected chi connectivity index (χ0v) is 10.8. The molecule has 1 fully saturated rings. The van der Waals surface area contributed by atoms with Gasteiger partial charge in [0.2, 0.25) is 0 Å². The normalized spacial score (nSPS) is 21.7. The minimum absolute atomic E-state index is 0.279. The average Bonchev–Trinajstić information content (AvgIpc) is 2.97. The summed E-state index contributed by atoms with van der Waals surface area (Å²) in [6.45, 7) is 2.48. The largest absolute Gasteiger partial charge is 0.378 e. The van der Waals surface area contributed by atoms with Gasteiger partial charge in [-0.15, -0.1) is 11.3 Å². The minimum atomic E-state index is 0.279. The second-order valence-corrected chi connectivity index (χ2v) is 5.85. The number of morpholine rings is 1. The van der Waals surface area contributed by atoms with E-state index in [1.165, 1.54) is 26.7 Å². The van der Waals surface area contributed by atoms with Crippen molar-refractivity contribution in [3.63, 3.8) is 0 Å². The second-order valence-electron chi connectivity index (χ2n) is 4.74. The van der Waals surface area contributed by atoms with Crippen molar-refractivity contribution in [3.05, 3.63) is 39.7 Å². The highest BCUT2D eigenvalue weighted by Crippen LogP contribution is 2.40. The van der Waals surface area contributed by atoms with Gasteiger partial charge in [0, 0.05) is 23.4 Å². The fourth-order valence-electron chi connectivity index (χ4n) is 2.65. The Morgan fingerprint density at radius 2 is 2.28 bits per heavy atom. The highest BCUT2D eigenvalue weighted by Gasteiger charge is 2.26. The molecule has 0 amide bonds. The third kappa shape index (κ3) is 1.61. The van der Waals surface area contributed by atoms with Crippen LogP contribution >= 0.6 is 11.3 Å². The van der Waals surface area contributed by atoms with Crippen LogP contribution in [0.5, 0.6) is 0 Å². The van der Waals surface area contributed by atoms with E-state index >= 15 is 0 Å². The lowest BCUT2D eigenvalue weighted by atomic mass is 10.1. The maximum Gasteiger partial charge on any atom is 0.113 e. The van der Waals surface area contributed by atoms with Crippen LogP contribution in [0.2, 0.25) is 0 Å². The van der Waals surface area contributed by atoms with Crippen LogP contribution in [-0.4, -0.2) is 24.7 Å². The van der Waals surface area contributed by atoms with E-state index in [1.807, 2.05) is 11.3 Å². The summed E-state index contributed by atoms with van der Waals surface area (Å²) in [6, 6.07) is 8.85. The number of fused-ring (bicyclic) bond motifs is 3. The highest BCUT2D eigenvalue weighted by molar-refractivity contribution is 7.12. The number of hydrogen-bond donors (Lipinski definition) is 1. The molecule has 0 saturated carbocycles. The van der Waals surface area contributed by atoms with Crippen LogP contribution in [0.4, 0.5) is 0 Å². The molecule has 3 nitrogen and oxygen atoms in total. The molecule has 0 bridgehead atoms. The molecule has 0 spiro atoms. The molecular weight excluding hydrogens is 244 g/mol. The third-order valence-corrected chi connectivity index (χ3v) is 4.73. The molecule has 2 aliphatic rings. The summed E-state index contributed by atoms with van der Waals surface area (Å²) in [7, 11) is 0. The maximum atomic E-state index is 5.51. The number of aromatic nitrogens is 1. The summed E-state index contributed by atoms with van der Waals surface area (Å²) in [5.41, 5.74) is 3.91. The Balaban J connectivity index is 1.71. The number of thiazole rings is 1. The summed E-state index contributed by atoms with van der Waals surface area (Å²) in [6.07, 6.45) is 1.04. The first-order valence-electron chi connectivity index (χ1n) is 6.31. The van der Waals surface area contributed by atoms with Gasteiger partial charge < -0.3 is 10.1 Å². The maximum absolute atomic E-state index is 5.51. The molecule has 2 heterocycles. The van der Waals surface area contributed by atoms with Crippen molar-refractivity contribution in [3.8, 4) is 11.3 Å². The van der Waals surface area contributed by atoms with Crippen molar-refractivity contribution in [2.24, 2.45) is 0 Å². The zero-order chi connectivity index (χ0) is 11.9. The Hall–Kier alpha value is -1.23. The quantitative estimate of drug-likeness (QED) is 0.727. The van der Waals surface area contributed by atoms with E-state index in [9.17, 15) is 0 Å². The lowest BCUT2D eigenvalue weighted by Crippen LogP contribution is -2.34. The Morgan fingerprint density at radius 1 is 1.33 bits per heavy atom.